The Hall–Kier alpha value is -1.49. The summed E-state index contributed by atoms with van der Waals surface area (Å²) < 4.78 is 8.45. The van der Waals surface area contributed by atoms with Gasteiger partial charge in [-0.1, -0.05) is 12.1 Å². The zero-order chi connectivity index (χ0) is 12.2. The van der Waals surface area contributed by atoms with Crippen LogP contribution in [0.5, 0.6) is 0 Å². The summed E-state index contributed by atoms with van der Waals surface area (Å²) in [7, 11) is 0. The van der Waals surface area contributed by atoms with E-state index in [0.717, 1.165) is 16.6 Å². The number of rotatable bonds is 3. The van der Waals surface area contributed by atoms with Crippen LogP contribution in [0.15, 0.2) is 18.2 Å². The van der Waals surface area contributed by atoms with Crippen LogP contribution in [0.4, 0.5) is 0 Å². The molecule has 1 spiro atoms. The maximum absolute atomic E-state index is 12.0. The molecule has 1 atom stereocenters. The summed E-state index contributed by atoms with van der Waals surface area (Å²) in [6.45, 7) is 0. The lowest BCUT2D eigenvalue weighted by Crippen LogP contribution is -2.28. The van der Waals surface area contributed by atoms with E-state index in [-0.39, 0.29) is 5.91 Å². The van der Waals surface area contributed by atoms with Gasteiger partial charge in [0.05, 0.1) is 18.1 Å². The van der Waals surface area contributed by atoms with Crippen molar-refractivity contribution in [2.45, 2.75) is 31.7 Å². The molecule has 1 heterocycles. The van der Waals surface area contributed by atoms with Gasteiger partial charge < -0.3 is 5.32 Å². The second kappa shape index (κ2) is 3.51. The van der Waals surface area contributed by atoms with Gasteiger partial charge in [-0.3, -0.25) is 4.79 Å². The van der Waals surface area contributed by atoms with Crippen LogP contribution in [0.1, 0.15) is 24.8 Å². The van der Waals surface area contributed by atoms with Gasteiger partial charge >= 0.3 is 0 Å². The number of aromatic nitrogens is 2. The number of benzene rings is 1. The zero-order valence-corrected chi connectivity index (χ0v) is 10.7. The van der Waals surface area contributed by atoms with Crippen molar-refractivity contribution < 1.29 is 4.79 Å². The average Bonchev–Trinajstić information content (AvgIpc) is 3.20. The van der Waals surface area contributed by atoms with Crippen LogP contribution < -0.4 is 5.32 Å². The predicted molar refractivity (Wildman–Crippen MR) is 69.3 cm³/mol. The summed E-state index contributed by atoms with van der Waals surface area (Å²) in [6.07, 6.45) is 4.18. The third kappa shape index (κ3) is 1.61. The van der Waals surface area contributed by atoms with Crippen molar-refractivity contribution >= 4 is 28.7 Å². The highest BCUT2D eigenvalue weighted by Gasteiger charge is 2.63. The van der Waals surface area contributed by atoms with Crippen LogP contribution in [0.25, 0.3) is 11.0 Å². The van der Waals surface area contributed by atoms with E-state index in [1.807, 2.05) is 18.2 Å². The molecule has 0 bridgehead atoms. The number of fused-ring (bicyclic) bond motifs is 1. The smallest absolute Gasteiger partial charge is 0.224 e. The predicted octanol–water partition coefficient (Wildman–Crippen LogP) is 1.90. The van der Waals surface area contributed by atoms with E-state index in [4.69, 9.17) is 0 Å². The summed E-state index contributed by atoms with van der Waals surface area (Å²) in [5.41, 5.74) is 3.25. The molecule has 0 saturated heterocycles. The van der Waals surface area contributed by atoms with Gasteiger partial charge in [0, 0.05) is 6.04 Å². The van der Waals surface area contributed by atoms with Crippen molar-refractivity contribution in [1.82, 2.24) is 14.1 Å². The van der Waals surface area contributed by atoms with E-state index in [9.17, 15) is 4.79 Å². The summed E-state index contributed by atoms with van der Waals surface area (Å²) in [5, 5.41) is 3.13. The molecule has 2 aliphatic rings. The standard InChI is InChI=1S/C13H13N3OS/c17-11(14-10-7-13(10)4-5-13)6-8-2-1-3-9-12(8)16-18-15-9/h1-3,10H,4-7H2,(H,14,17). The van der Waals surface area contributed by atoms with E-state index in [1.165, 1.54) is 31.0 Å². The Morgan fingerprint density at radius 1 is 1.44 bits per heavy atom. The van der Waals surface area contributed by atoms with Crippen molar-refractivity contribution in [3.63, 3.8) is 0 Å². The van der Waals surface area contributed by atoms with Crippen LogP contribution in [0.2, 0.25) is 0 Å². The normalized spacial score (nSPS) is 23.2. The van der Waals surface area contributed by atoms with Gasteiger partial charge in [0.25, 0.3) is 0 Å². The molecular weight excluding hydrogens is 246 g/mol. The highest BCUT2D eigenvalue weighted by atomic mass is 32.1. The Morgan fingerprint density at radius 3 is 3.11 bits per heavy atom. The molecule has 0 radical (unpaired) electrons. The monoisotopic (exact) mass is 259 g/mol. The Labute approximate surface area is 109 Å². The molecule has 18 heavy (non-hydrogen) atoms. The topological polar surface area (TPSA) is 54.9 Å². The number of nitrogens with zero attached hydrogens (tertiary/aromatic N) is 2. The third-order valence-electron chi connectivity index (χ3n) is 4.14. The summed E-state index contributed by atoms with van der Waals surface area (Å²) in [5.74, 6) is 0.115. The van der Waals surface area contributed by atoms with Gasteiger partial charge in [-0.2, -0.15) is 8.75 Å². The Kier molecular flexibility index (Phi) is 2.03. The Morgan fingerprint density at radius 2 is 2.33 bits per heavy atom. The number of nitrogens with one attached hydrogen (secondary N) is 1. The number of hydrogen-bond donors (Lipinski definition) is 1. The lowest BCUT2D eigenvalue weighted by molar-refractivity contribution is -0.120. The Balaban J connectivity index is 1.50. The summed E-state index contributed by atoms with van der Waals surface area (Å²) >= 11 is 1.20. The van der Waals surface area contributed by atoms with E-state index in [0.29, 0.717) is 17.9 Å². The van der Waals surface area contributed by atoms with E-state index in [2.05, 4.69) is 14.1 Å². The number of carbonyl (C=O) groups excluding carboxylic acids is 1. The maximum atomic E-state index is 12.0. The highest BCUT2D eigenvalue weighted by molar-refractivity contribution is 7.00. The van der Waals surface area contributed by atoms with Crippen LogP contribution in [0.3, 0.4) is 0 Å². The van der Waals surface area contributed by atoms with Gasteiger partial charge in [0.15, 0.2) is 0 Å². The first-order valence-corrected chi connectivity index (χ1v) is 6.99. The largest absolute Gasteiger partial charge is 0.353 e. The number of hydrogen-bond acceptors (Lipinski definition) is 4. The number of amides is 1. The summed E-state index contributed by atoms with van der Waals surface area (Å²) in [6, 6.07) is 6.27. The fourth-order valence-electron chi connectivity index (χ4n) is 2.69. The molecule has 2 fully saturated rings. The molecule has 5 heteroatoms. The van der Waals surface area contributed by atoms with Gasteiger partial charge in [0.2, 0.25) is 5.91 Å². The van der Waals surface area contributed by atoms with Gasteiger partial charge in [0.1, 0.15) is 11.0 Å². The molecule has 1 amide bonds. The molecule has 4 rings (SSSR count). The molecule has 1 aromatic carbocycles. The molecule has 1 aromatic heterocycles. The first-order chi connectivity index (χ1) is 8.77. The zero-order valence-electron chi connectivity index (χ0n) is 9.85. The first kappa shape index (κ1) is 10.4. The molecule has 2 aromatic rings. The van der Waals surface area contributed by atoms with Gasteiger partial charge in [-0.25, -0.2) is 0 Å². The third-order valence-corrected chi connectivity index (χ3v) is 4.68. The van der Waals surface area contributed by atoms with E-state index in [1.54, 1.807) is 0 Å². The summed E-state index contributed by atoms with van der Waals surface area (Å²) in [4.78, 5) is 12.0. The molecule has 2 saturated carbocycles. The molecule has 1 N–H and O–H groups in total. The Bertz CT molecular complexity index is 632. The van der Waals surface area contributed by atoms with Crippen molar-refractivity contribution in [2.24, 2.45) is 5.41 Å². The van der Waals surface area contributed by atoms with Crippen molar-refractivity contribution in [3.05, 3.63) is 23.8 Å². The van der Waals surface area contributed by atoms with Crippen LogP contribution >= 0.6 is 11.7 Å². The SMILES string of the molecule is O=C(Cc1cccc2nsnc12)NC1CC12CC2. The maximum Gasteiger partial charge on any atom is 0.224 e. The quantitative estimate of drug-likeness (QED) is 0.916. The fourth-order valence-corrected chi connectivity index (χ4v) is 3.26. The molecule has 2 aliphatic carbocycles. The minimum atomic E-state index is 0.115. The molecule has 0 aliphatic heterocycles. The van der Waals surface area contributed by atoms with E-state index >= 15 is 0 Å². The van der Waals surface area contributed by atoms with Gasteiger partial charge in [-0.05, 0) is 36.3 Å². The van der Waals surface area contributed by atoms with Crippen molar-refractivity contribution in [2.75, 3.05) is 0 Å². The minimum absolute atomic E-state index is 0.115. The lowest BCUT2D eigenvalue weighted by atomic mass is 10.1. The van der Waals surface area contributed by atoms with Crippen molar-refractivity contribution in [3.8, 4) is 0 Å². The van der Waals surface area contributed by atoms with E-state index < -0.39 is 0 Å². The lowest BCUT2D eigenvalue weighted by Gasteiger charge is -2.04. The molecule has 4 nitrogen and oxygen atoms in total. The van der Waals surface area contributed by atoms with Crippen LogP contribution in [0, 0.1) is 5.41 Å². The van der Waals surface area contributed by atoms with Crippen molar-refractivity contribution in [1.29, 1.82) is 0 Å². The number of carbonyl (C=O) groups is 1. The van der Waals surface area contributed by atoms with Crippen LogP contribution in [-0.2, 0) is 11.2 Å². The highest BCUT2D eigenvalue weighted by Crippen LogP contribution is 2.65. The average molecular weight is 259 g/mol. The second-order valence-corrected chi connectivity index (χ2v) is 5.94. The molecular formula is C13H13N3OS. The molecule has 1 unspecified atom stereocenters. The first-order valence-electron chi connectivity index (χ1n) is 6.26. The fraction of sp³-hybridized carbons (Fsp3) is 0.462. The van der Waals surface area contributed by atoms with Crippen LogP contribution in [-0.4, -0.2) is 20.7 Å². The van der Waals surface area contributed by atoms with Gasteiger partial charge in [-0.15, -0.1) is 0 Å². The second-order valence-electron chi connectivity index (χ2n) is 5.41. The minimum Gasteiger partial charge on any atom is -0.353 e. The molecule has 92 valence electrons.